The molecular formula is C14H17N3O2. The number of anilines is 2. The van der Waals surface area contributed by atoms with Gasteiger partial charge in [0.25, 0.3) is 0 Å². The van der Waals surface area contributed by atoms with Crippen LogP contribution in [0.4, 0.5) is 11.4 Å². The summed E-state index contributed by atoms with van der Waals surface area (Å²) in [6.45, 7) is 0.910. The van der Waals surface area contributed by atoms with Crippen LogP contribution in [-0.4, -0.2) is 31.4 Å². The molecule has 100 valence electrons. The number of hydrogen-bond acceptors (Lipinski definition) is 3. The van der Waals surface area contributed by atoms with Crippen LogP contribution < -0.4 is 15.5 Å². The number of carbonyl (C=O) groups excluding carboxylic acids is 2. The van der Waals surface area contributed by atoms with Crippen LogP contribution in [0.1, 0.15) is 18.4 Å². The Morgan fingerprint density at radius 3 is 3.00 bits per heavy atom. The minimum absolute atomic E-state index is 0.0126. The number of likely N-dealkylation sites (N-methyl/N-ethyl adjacent to an activating group) is 1. The Hall–Kier alpha value is -1.88. The van der Waals surface area contributed by atoms with Gasteiger partial charge in [-0.25, -0.2) is 0 Å². The molecule has 0 radical (unpaired) electrons. The Bertz CT molecular complexity index is 535. The van der Waals surface area contributed by atoms with Crippen LogP contribution in [0, 0.1) is 0 Å². The zero-order valence-electron chi connectivity index (χ0n) is 10.9. The van der Waals surface area contributed by atoms with Gasteiger partial charge in [0, 0.05) is 18.4 Å². The van der Waals surface area contributed by atoms with Gasteiger partial charge in [-0.05, 0) is 43.1 Å². The number of fused-ring (bicyclic) bond motifs is 1. The molecule has 19 heavy (non-hydrogen) atoms. The molecule has 3 rings (SSSR count). The quantitative estimate of drug-likeness (QED) is 0.829. The summed E-state index contributed by atoms with van der Waals surface area (Å²) < 4.78 is 0. The average Bonchev–Trinajstić information content (AvgIpc) is 3.03. The predicted molar refractivity (Wildman–Crippen MR) is 73.2 cm³/mol. The Kier molecular flexibility index (Phi) is 2.98. The molecule has 0 spiro atoms. The summed E-state index contributed by atoms with van der Waals surface area (Å²) in [6, 6.07) is 5.58. The molecule has 1 unspecified atom stereocenters. The highest BCUT2D eigenvalue weighted by Crippen LogP contribution is 2.28. The maximum Gasteiger partial charge on any atom is 0.243 e. The first-order chi connectivity index (χ1) is 9.15. The van der Waals surface area contributed by atoms with Gasteiger partial charge >= 0.3 is 0 Å². The van der Waals surface area contributed by atoms with Crippen molar-refractivity contribution in [1.82, 2.24) is 5.32 Å². The highest BCUT2D eigenvalue weighted by molar-refractivity contribution is 6.01. The van der Waals surface area contributed by atoms with E-state index in [0.717, 1.165) is 36.3 Å². The van der Waals surface area contributed by atoms with E-state index in [4.69, 9.17) is 0 Å². The van der Waals surface area contributed by atoms with E-state index in [-0.39, 0.29) is 17.9 Å². The topological polar surface area (TPSA) is 61.4 Å². The second-order valence-electron chi connectivity index (χ2n) is 5.11. The molecule has 2 heterocycles. The molecule has 0 bridgehead atoms. The van der Waals surface area contributed by atoms with E-state index in [0.29, 0.717) is 6.42 Å². The molecule has 1 aromatic carbocycles. The Morgan fingerprint density at radius 1 is 1.42 bits per heavy atom. The summed E-state index contributed by atoms with van der Waals surface area (Å²) >= 11 is 0. The molecule has 0 aromatic heterocycles. The highest BCUT2D eigenvalue weighted by Gasteiger charge is 2.26. The number of rotatable bonds is 2. The zero-order valence-corrected chi connectivity index (χ0v) is 10.9. The van der Waals surface area contributed by atoms with E-state index in [1.54, 1.807) is 11.9 Å². The third kappa shape index (κ3) is 2.21. The first-order valence-corrected chi connectivity index (χ1v) is 6.59. The lowest BCUT2D eigenvalue weighted by Crippen LogP contribution is -2.41. The van der Waals surface area contributed by atoms with Gasteiger partial charge < -0.3 is 15.5 Å². The summed E-state index contributed by atoms with van der Waals surface area (Å²) in [5, 5.41) is 6.00. The van der Waals surface area contributed by atoms with E-state index >= 15 is 0 Å². The van der Waals surface area contributed by atoms with Crippen molar-refractivity contribution in [2.24, 2.45) is 0 Å². The van der Waals surface area contributed by atoms with Crippen molar-refractivity contribution in [2.75, 3.05) is 23.8 Å². The highest BCUT2D eigenvalue weighted by atomic mass is 16.2. The summed E-state index contributed by atoms with van der Waals surface area (Å²) in [5.74, 6) is 0.105. The molecule has 1 fully saturated rings. The standard InChI is InChI=1S/C14H17N3O2/c1-17(14(19)12-3-2-6-15-12)10-4-5-11-9(7-10)8-13(18)16-11/h4-5,7,12,15H,2-3,6,8H2,1H3,(H,16,18). The van der Waals surface area contributed by atoms with Crippen LogP contribution in [0.25, 0.3) is 0 Å². The van der Waals surface area contributed by atoms with Crippen molar-refractivity contribution in [3.05, 3.63) is 23.8 Å². The molecule has 5 heteroatoms. The summed E-state index contributed by atoms with van der Waals surface area (Å²) in [5.41, 5.74) is 2.66. The molecule has 2 amide bonds. The number of nitrogens with zero attached hydrogens (tertiary/aromatic N) is 1. The lowest BCUT2D eigenvalue weighted by molar-refractivity contribution is -0.120. The van der Waals surface area contributed by atoms with Gasteiger partial charge in [0.05, 0.1) is 12.5 Å². The Labute approximate surface area is 112 Å². The Morgan fingerprint density at radius 2 is 2.26 bits per heavy atom. The third-order valence-corrected chi connectivity index (χ3v) is 3.79. The van der Waals surface area contributed by atoms with E-state index in [1.807, 2.05) is 18.2 Å². The van der Waals surface area contributed by atoms with Gasteiger partial charge in [-0.15, -0.1) is 0 Å². The van der Waals surface area contributed by atoms with Gasteiger partial charge in [0.1, 0.15) is 0 Å². The van der Waals surface area contributed by atoms with Gasteiger partial charge in [0.2, 0.25) is 11.8 Å². The predicted octanol–water partition coefficient (Wildman–Crippen LogP) is 0.896. The lowest BCUT2D eigenvalue weighted by Gasteiger charge is -2.21. The van der Waals surface area contributed by atoms with Crippen LogP contribution in [0.15, 0.2) is 18.2 Å². The molecular weight excluding hydrogens is 242 g/mol. The molecule has 1 aromatic rings. The van der Waals surface area contributed by atoms with Crippen LogP contribution in [0.3, 0.4) is 0 Å². The number of hydrogen-bond donors (Lipinski definition) is 2. The second kappa shape index (κ2) is 4.66. The third-order valence-electron chi connectivity index (χ3n) is 3.79. The maximum absolute atomic E-state index is 12.3. The second-order valence-corrected chi connectivity index (χ2v) is 5.11. The molecule has 2 aliphatic heterocycles. The van der Waals surface area contributed by atoms with Crippen LogP contribution >= 0.6 is 0 Å². The first kappa shape index (κ1) is 12.2. The minimum Gasteiger partial charge on any atom is -0.326 e. The smallest absolute Gasteiger partial charge is 0.243 e. The monoisotopic (exact) mass is 259 g/mol. The lowest BCUT2D eigenvalue weighted by atomic mass is 10.1. The molecule has 2 N–H and O–H groups in total. The summed E-state index contributed by atoms with van der Waals surface area (Å²) in [4.78, 5) is 25.3. The molecule has 2 aliphatic rings. The number of nitrogens with one attached hydrogen (secondary N) is 2. The average molecular weight is 259 g/mol. The van der Waals surface area contributed by atoms with Crippen molar-refractivity contribution in [1.29, 1.82) is 0 Å². The SMILES string of the molecule is CN(C(=O)C1CCCN1)c1ccc2c(c1)CC(=O)N2. The van der Waals surface area contributed by atoms with Gasteiger partial charge in [-0.1, -0.05) is 0 Å². The summed E-state index contributed by atoms with van der Waals surface area (Å²) in [7, 11) is 1.79. The van der Waals surface area contributed by atoms with Crippen molar-refractivity contribution in [2.45, 2.75) is 25.3 Å². The van der Waals surface area contributed by atoms with Gasteiger partial charge in [-0.3, -0.25) is 9.59 Å². The number of benzene rings is 1. The van der Waals surface area contributed by atoms with E-state index in [1.165, 1.54) is 0 Å². The van der Waals surface area contributed by atoms with Crippen LogP contribution in [0.5, 0.6) is 0 Å². The van der Waals surface area contributed by atoms with E-state index in [9.17, 15) is 9.59 Å². The normalized spacial score (nSPS) is 21.1. The van der Waals surface area contributed by atoms with Crippen LogP contribution in [0.2, 0.25) is 0 Å². The Balaban J connectivity index is 1.80. The van der Waals surface area contributed by atoms with Crippen molar-refractivity contribution in [3.63, 3.8) is 0 Å². The van der Waals surface area contributed by atoms with E-state index in [2.05, 4.69) is 10.6 Å². The van der Waals surface area contributed by atoms with Gasteiger partial charge in [0.15, 0.2) is 0 Å². The fourth-order valence-corrected chi connectivity index (χ4v) is 2.68. The fraction of sp³-hybridized carbons (Fsp3) is 0.429. The largest absolute Gasteiger partial charge is 0.326 e. The van der Waals surface area contributed by atoms with Gasteiger partial charge in [-0.2, -0.15) is 0 Å². The molecule has 1 saturated heterocycles. The number of amides is 2. The molecule has 1 atom stereocenters. The minimum atomic E-state index is -0.0713. The molecule has 5 nitrogen and oxygen atoms in total. The van der Waals surface area contributed by atoms with Crippen molar-refractivity contribution >= 4 is 23.2 Å². The van der Waals surface area contributed by atoms with Crippen LogP contribution in [-0.2, 0) is 16.0 Å². The number of carbonyl (C=O) groups is 2. The van der Waals surface area contributed by atoms with Crippen molar-refractivity contribution in [3.8, 4) is 0 Å². The first-order valence-electron chi connectivity index (χ1n) is 6.59. The fourth-order valence-electron chi connectivity index (χ4n) is 2.68. The zero-order chi connectivity index (χ0) is 13.4. The molecule has 0 saturated carbocycles. The maximum atomic E-state index is 12.3. The molecule has 0 aliphatic carbocycles. The van der Waals surface area contributed by atoms with Crippen molar-refractivity contribution < 1.29 is 9.59 Å². The summed E-state index contributed by atoms with van der Waals surface area (Å²) in [6.07, 6.45) is 2.34. The van der Waals surface area contributed by atoms with E-state index < -0.39 is 0 Å².